The van der Waals surface area contributed by atoms with Crippen LogP contribution in [0.15, 0.2) is 0 Å². The van der Waals surface area contributed by atoms with Crippen LogP contribution in [0.1, 0.15) is 13.8 Å². The zero-order chi connectivity index (χ0) is 6.78. The normalized spacial score (nSPS) is 11.5. The summed E-state index contributed by atoms with van der Waals surface area (Å²) in [5.74, 6) is 0. The van der Waals surface area contributed by atoms with Gasteiger partial charge in [-0.2, -0.15) is 0 Å². The van der Waals surface area contributed by atoms with Gasteiger partial charge in [0.05, 0.1) is 5.54 Å². The van der Waals surface area contributed by atoms with Gasteiger partial charge in [0.1, 0.15) is 0 Å². The number of hydrogen-bond acceptors (Lipinski definition) is 3. The number of nitrogens with two attached hydrogens (primary N) is 1. The van der Waals surface area contributed by atoms with Crippen LogP contribution in [0.4, 0.5) is 0 Å². The maximum Gasteiger partial charge on any atom is 0.218 e. The molecule has 0 atom stereocenters. The van der Waals surface area contributed by atoms with Gasteiger partial charge in [-0.15, -0.1) is 0 Å². The summed E-state index contributed by atoms with van der Waals surface area (Å²) in [6, 6.07) is 0. The molecule has 0 aromatic heterocycles. The highest BCUT2D eigenvalue weighted by Gasteiger charge is 2.20. The third-order valence-corrected chi connectivity index (χ3v) is 2.46. The quantitative estimate of drug-likeness (QED) is 0.709. The Balaban J connectivity index is 3.82. The number of rotatable bonds is 1. The molecule has 8 heavy (non-hydrogen) atoms. The van der Waals surface area contributed by atoms with Crippen molar-refractivity contribution in [2.24, 2.45) is 5.73 Å². The zero-order valence-electron chi connectivity index (χ0n) is 4.77. The SMILES string of the molecule is CC(C)(N)C(=O)SI. The molecule has 2 N–H and O–H groups in total. The lowest BCUT2D eigenvalue weighted by Crippen LogP contribution is -2.38. The van der Waals surface area contributed by atoms with E-state index in [2.05, 4.69) is 0 Å². The van der Waals surface area contributed by atoms with Crippen LogP contribution in [0, 0.1) is 0 Å². The van der Waals surface area contributed by atoms with E-state index in [1.807, 2.05) is 21.2 Å². The first kappa shape index (κ1) is 8.71. The summed E-state index contributed by atoms with van der Waals surface area (Å²) in [5, 5.41) is 0.0121. The minimum atomic E-state index is -0.675. The summed E-state index contributed by atoms with van der Waals surface area (Å²) in [4.78, 5) is 10.7. The molecule has 0 radical (unpaired) electrons. The van der Waals surface area contributed by atoms with Crippen LogP contribution in [0.25, 0.3) is 0 Å². The van der Waals surface area contributed by atoms with Gasteiger partial charge >= 0.3 is 0 Å². The maximum atomic E-state index is 10.7. The summed E-state index contributed by atoms with van der Waals surface area (Å²) < 4.78 is 0. The second-order valence-electron chi connectivity index (χ2n) is 2.09. The lowest BCUT2D eigenvalue weighted by molar-refractivity contribution is -0.114. The largest absolute Gasteiger partial charge is 0.319 e. The Morgan fingerprint density at radius 3 is 2.12 bits per heavy atom. The second kappa shape index (κ2) is 3.03. The molecule has 0 spiro atoms. The average molecular weight is 245 g/mol. The fourth-order valence-corrected chi connectivity index (χ4v) is 2.00. The number of carbonyl (C=O) groups is 1. The van der Waals surface area contributed by atoms with Crippen molar-refractivity contribution in [1.29, 1.82) is 0 Å². The first-order valence-corrected chi connectivity index (χ1v) is 5.46. The highest BCUT2D eigenvalue weighted by atomic mass is 127. The maximum absolute atomic E-state index is 10.7. The van der Waals surface area contributed by atoms with Gasteiger partial charge in [0, 0.05) is 21.2 Å². The van der Waals surface area contributed by atoms with Crippen molar-refractivity contribution in [2.45, 2.75) is 19.4 Å². The molecule has 0 amide bonds. The fraction of sp³-hybridized carbons (Fsp3) is 0.750. The summed E-state index contributed by atoms with van der Waals surface area (Å²) in [6.07, 6.45) is 0. The van der Waals surface area contributed by atoms with Crippen molar-refractivity contribution in [3.63, 3.8) is 0 Å². The highest BCUT2D eigenvalue weighted by molar-refractivity contribution is 14.2. The number of halogens is 1. The molecule has 2 nitrogen and oxygen atoms in total. The third-order valence-electron chi connectivity index (χ3n) is 0.596. The van der Waals surface area contributed by atoms with Crippen molar-refractivity contribution >= 4 is 35.3 Å². The van der Waals surface area contributed by atoms with E-state index in [0.29, 0.717) is 0 Å². The van der Waals surface area contributed by atoms with E-state index in [1.165, 1.54) is 0 Å². The second-order valence-corrected chi connectivity index (χ2v) is 3.93. The van der Waals surface area contributed by atoms with Crippen molar-refractivity contribution in [3.05, 3.63) is 0 Å². The molecule has 0 unspecified atom stereocenters. The Hall–Kier alpha value is 0.710. The van der Waals surface area contributed by atoms with Gasteiger partial charge in [-0.1, -0.05) is 0 Å². The van der Waals surface area contributed by atoms with Crippen LogP contribution in [0.2, 0.25) is 0 Å². The minimum absolute atomic E-state index is 0.0121. The summed E-state index contributed by atoms with van der Waals surface area (Å²) in [7, 11) is 1.14. The van der Waals surface area contributed by atoms with Gasteiger partial charge in [0.15, 0.2) is 0 Å². The van der Waals surface area contributed by atoms with Crippen molar-refractivity contribution in [3.8, 4) is 0 Å². The van der Waals surface area contributed by atoms with Crippen molar-refractivity contribution < 1.29 is 4.79 Å². The molecule has 48 valence electrons. The molecule has 0 aliphatic heterocycles. The van der Waals surface area contributed by atoms with E-state index >= 15 is 0 Å². The Kier molecular flexibility index (Phi) is 3.29. The lowest BCUT2D eigenvalue weighted by atomic mass is 10.1. The first-order chi connectivity index (χ1) is 3.48. The molecule has 0 bridgehead atoms. The number of hydrogen-bond donors (Lipinski definition) is 1. The van der Waals surface area contributed by atoms with Crippen LogP contribution in [0.3, 0.4) is 0 Å². The van der Waals surface area contributed by atoms with Gasteiger partial charge in [-0.3, -0.25) is 4.79 Å². The van der Waals surface area contributed by atoms with Crippen LogP contribution < -0.4 is 5.73 Å². The molecule has 0 fully saturated rings. The Morgan fingerprint density at radius 2 is 2.12 bits per heavy atom. The van der Waals surface area contributed by atoms with E-state index in [4.69, 9.17) is 5.73 Å². The van der Waals surface area contributed by atoms with E-state index < -0.39 is 5.54 Å². The summed E-state index contributed by atoms with van der Waals surface area (Å²) in [5.41, 5.74) is 4.74. The van der Waals surface area contributed by atoms with Crippen LogP contribution >= 0.6 is 30.1 Å². The monoisotopic (exact) mass is 245 g/mol. The zero-order valence-corrected chi connectivity index (χ0v) is 7.75. The van der Waals surface area contributed by atoms with Gasteiger partial charge in [0.25, 0.3) is 0 Å². The third kappa shape index (κ3) is 2.88. The van der Waals surface area contributed by atoms with E-state index in [-0.39, 0.29) is 5.12 Å². The molecular weight excluding hydrogens is 237 g/mol. The van der Waals surface area contributed by atoms with Gasteiger partial charge in [-0.05, 0) is 22.8 Å². The van der Waals surface area contributed by atoms with Gasteiger partial charge in [0.2, 0.25) is 5.12 Å². The predicted molar refractivity (Wildman–Crippen MR) is 44.9 cm³/mol. The highest BCUT2D eigenvalue weighted by Crippen LogP contribution is 2.18. The minimum Gasteiger partial charge on any atom is -0.319 e. The Bertz CT molecular complexity index is 98.7. The Morgan fingerprint density at radius 1 is 1.75 bits per heavy atom. The molecule has 0 aliphatic carbocycles. The van der Waals surface area contributed by atoms with Crippen LogP contribution in [0.5, 0.6) is 0 Å². The molecule has 0 saturated heterocycles. The van der Waals surface area contributed by atoms with Gasteiger partial charge in [-0.25, -0.2) is 0 Å². The molecular formula is C4H8INOS. The average Bonchev–Trinajstić information content (AvgIpc) is 1.62. The van der Waals surface area contributed by atoms with E-state index in [0.717, 1.165) is 8.93 Å². The summed E-state index contributed by atoms with van der Waals surface area (Å²) in [6.45, 7) is 3.39. The molecule has 0 aliphatic rings. The first-order valence-electron chi connectivity index (χ1n) is 2.10. The van der Waals surface area contributed by atoms with Crippen molar-refractivity contribution in [2.75, 3.05) is 0 Å². The van der Waals surface area contributed by atoms with Crippen molar-refractivity contribution in [1.82, 2.24) is 0 Å². The topological polar surface area (TPSA) is 43.1 Å². The molecule has 0 rings (SSSR count). The molecule has 0 aromatic rings. The molecule has 4 heteroatoms. The molecule has 0 heterocycles. The standard InChI is InChI=1S/C4H8INOS/c1-4(2,6)3(7)8-5/h6H2,1-2H3. The summed E-state index contributed by atoms with van der Waals surface area (Å²) >= 11 is 1.93. The van der Waals surface area contributed by atoms with Crippen LogP contribution in [-0.2, 0) is 4.79 Å². The lowest BCUT2D eigenvalue weighted by Gasteiger charge is -2.12. The van der Waals surface area contributed by atoms with Crippen LogP contribution in [-0.4, -0.2) is 10.7 Å². The fourth-order valence-electron chi connectivity index (χ4n) is 0.0994. The Labute approximate surface area is 65.2 Å². The van der Waals surface area contributed by atoms with Gasteiger partial charge < -0.3 is 5.73 Å². The predicted octanol–water partition coefficient (Wildman–Crippen LogP) is 1.33. The smallest absolute Gasteiger partial charge is 0.218 e. The molecule has 0 saturated carbocycles. The van der Waals surface area contributed by atoms with E-state index in [1.54, 1.807) is 13.8 Å². The van der Waals surface area contributed by atoms with E-state index in [9.17, 15) is 4.79 Å². The molecule has 0 aromatic carbocycles. The number of carbonyl (C=O) groups excluding carboxylic acids is 1.